The van der Waals surface area contributed by atoms with Crippen LogP contribution < -0.4 is 5.73 Å². The molecule has 0 aliphatic rings. The lowest BCUT2D eigenvalue weighted by molar-refractivity contribution is -0.384. The van der Waals surface area contributed by atoms with Crippen LogP contribution in [0.4, 0.5) is 11.4 Å². The van der Waals surface area contributed by atoms with Crippen molar-refractivity contribution in [1.29, 1.82) is 0 Å². The maximum absolute atomic E-state index is 12.8. The first-order valence-electron chi connectivity index (χ1n) is 7.35. The van der Waals surface area contributed by atoms with Crippen LogP contribution in [0.1, 0.15) is 0 Å². The zero-order valence-corrected chi connectivity index (χ0v) is 13.8. The molecule has 0 fully saturated rings. The SMILES string of the molecule is Nc1ccc(S(=O)(=O)c2ccccc2)cc1-c1ccccc1[N+](=O)[O-]. The highest BCUT2D eigenvalue weighted by atomic mass is 32.2. The molecule has 25 heavy (non-hydrogen) atoms. The number of nitro groups is 1. The normalized spacial score (nSPS) is 11.2. The molecule has 0 aliphatic heterocycles. The van der Waals surface area contributed by atoms with Crippen LogP contribution in [0.25, 0.3) is 11.1 Å². The average Bonchev–Trinajstić information content (AvgIpc) is 2.62. The number of nitrogen functional groups attached to an aromatic ring is 1. The zero-order valence-electron chi connectivity index (χ0n) is 13.0. The Morgan fingerprint density at radius 3 is 2.12 bits per heavy atom. The number of benzene rings is 3. The number of anilines is 1. The number of rotatable bonds is 4. The lowest BCUT2D eigenvalue weighted by atomic mass is 10.0. The van der Waals surface area contributed by atoms with E-state index in [2.05, 4.69) is 0 Å². The Labute approximate surface area is 144 Å². The van der Waals surface area contributed by atoms with Gasteiger partial charge in [0, 0.05) is 17.3 Å². The third-order valence-electron chi connectivity index (χ3n) is 3.78. The van der Waals surface area contributed by atoms with Gasteiger partial charge in [0.25, 0.3) is 5.69 Å². The van der Waals surface area contributed by atoms with Gasteiger partial charge in [0.2, 0.25) is 9.84 Å². The van der Waals surface area contributed by atoms with Crippen molar-refractivity contribution in [3.63, 3.8) is 0 Å². The summed E-state index contributed by atoms with van der Waals surface area (Å²) >= 11 is 0. The number of hydrogen-bond donors (Lipinski definition) is 1. The summed E-state index contributed by atoms with van der Waals surface area (Å²) in [6.07, 6.45) is 0. The molecule has 0 bridgehead atoms. The molecule has 0 heterocycles. The maximum atomic E-state index is 12.8. The number of nitrogens with zero attached hydrogens (tertiary/aromatic N) is 1. The molecule has 0 aromatic heterocycles. The van der Waals surface area contributed by atoms with E-state index < -0.39 is 14.8 Å². The highest BCUT2D eigenvalue weighted by molar-refractivity contribution is 7.91. The smallest absolute Gasteiger partial charge is 0.277 e. The number of nitrogens with two attached hydrogens (primary N) is 1. The van der Waals surface area contributed by atoms with Gasteiger partial charge in [0.1, 0.15) is 0 Å². The van der Waals surface area contributed by atoms with E-state index in [-0.39, 0.29) is 26.7 Å². The topological polar surface area (TPSA) is 103 Å². The number of hydrogen-bond acceptors (Lipinski definition) is 5. The summed E-state index contributed by atoms with van der Waals surface area (Å²) in [7, 11) is -3.74. The van der Waals surface area contributed by atoms with Crippen molar-refractivity contribution in [1.82, 2.24) is 0 Å². The lowest BCUT2D eigenvalue weighted by Crippen LogP contribution is -2.03. The Morgan fingerprint density at radius 2 is 1.44 bits per heavy atom. The van der Waals surface area contributed by atoms with Gasteiger partial charge in [-0.1, -0.05) is 30.3 Å². The molecule has 6 nitrogen and oxygen atoms in total. The van der Waals surface area contributed by atoms with E-state index in [0.717, 1.165) is 0 Å². The van der Waals surface area contributed by atoms with Gasteiger partial charge in [-0.2, -0.15) is 0 Å². The molecule has 0 unspecified atom stereocenters. The Hall–Kier alpha value is -3.19. The van der Waals surface area contributed by atoms with Crippen molar-refractivity contribution in [2.24, 2.45) is 0 Å². The molecule has 0 saturated carbocycles. The fraction of sp³-hybridized carbons (Fsp3) is 0. The molecule has 0 radical (unpaired) electrons. The van der Waals surface area contributed by atoms with E-state index >= 15 is 0 Å². The predicted octanol–water partition coefficient (Wildman–Crippen LogP) is 3.68. The van der Waals surface area contributed by atoms with Crippen molar-refractivity contribution >= 4 is 21.2 Å². The van der Waals surface area contributed by atoms with Crippen molar-refractivity contribution in [2.75, 3.05) is 5.73 Å². The fourth-order valence-corrected chi connectivity index (χ4v) is 3.84. The monoisotopic (exact) mass is 354 g/mol. The van der Waals surface area contributed by atoms with Gasteiger partial charge in [0.05, 0.1) is 20.3 Å². The van der Waals surface area contributed by atoms with Gasteiger partial charge in [-0.3, -0.25) is 10.1 Å². The van der Waals surface area contributed by atoms with E-state index in [4.69, 9.17) is 5.73 Å². The van der Waals surface area contributed by atoms with Crippen LogP contribution in [0.5, 0.6) is 0 Å². The average molecular weight is 354 g/mol. The molecule has 0 amide bonds. The quantitative estimate of drug-likeness (QED) is 0.437. The first-order chi connectivity index (χ1) is 11.9. The number of nitro benzene ring substituents is 1. The van der Waals surface area contributed by atoms with Crippen LogP contribution in [0.15, 0.2) is 82.6 Å². The molecule has 3 aromatic rings. The highest BCUT2D eigenvalue weighted by Gasteiger charge is 2.21. The van der Waals surface area contributed by atoms with Crippen LogP contribution in [0.3, 0.4) is 0 Å². The second-order valence-electron chi connectivity index (χ2n) is 5.34. The third kappa shape index (κ3) is 3.09. The Balaban J connectivity index is 2.20. The Bertz CT molecular complexity index is 1050. The van der Waals surface area contributed by atoms with Crippen LogP contribution >= 0.6 is 0 Å². The summed E-state index contributed by atoms with van der Waals surface area (Å²) in [4.78, 5) is 10.9. The molecule has 0 spiro atoms. The summed E-state index contributed by atoms with van der Waals surface area (Å²) in [5.41, 5.74) is 6.67. The van der Waals surface area contributed by atoms with Gasteiger partial charge in [0.15, 0.2) is 0 Å². The third-order valence-corrected chi connectivity index (χ3v) is 5.55. The molecule has 0 saturated heterocycles. The molecule has 0 atom stereocenters. The molecular weight excluding hydrogens is 340 g/mol. The van der Waals surface area contributed by atoms with Crippen molar-refractivity contribution in [3.8, 4) is 11.1 Å². The van der Waals surface area contributed by atoms with Crippen molar-refractivity contribution in [2.45, 2.75) is 9.79 Å². The largest absolute Gasteiger partial charge is 0.398 e. The molecule has 3 aromatic carbocycles. The van der Waals surface area contributed by atoms with Gasteiger partial charge in [-0.05, 0) is 36.4 Å². The van der Waals surface area contributed by atoms with Crippen LogP contribution in [-0.2, 0) is 9.84 Å². The second-order valence-corrected chi connectivity index (χ2v) is 7.29. The van der Waals surface area contributed by atoms with E-state index in [0.29, 0.717) is 5.56 Å². The minimum atomic E-state index is -3.74. The molecule has 126 valence electrons. The summed E-state index contributed by atoms with van der Waals surface area (Å²) < 4.78 is 25.5. The number of para-hydroxylation sites is 1. The maximum Gasteiger partial charge on any atom is 0.277 e. The van der Waals surface area contributed by atoms with E-state index in [1.807, 2.05) is 0 Å². The predicted molar refractivity (Wildman–Crippen MR) is 94.8 cm³/mol. The summed E-state index contributed by atoms with van der Waals surface area (Å²) in [5, 5.41) is 11.3. The molecule has 7 heteroatoms. The highest BCUT2D eigenvalue weighted by Crippen LogP contribution is 2.35. The van der Waals surface area contributed by atoms with Gasteiger partial charge in [-0.15, -0.1) is 0 Å². The molecular formula is C18H14N2O4S. The fourth-order valence-electron chi connectivity index (χ4n) is 2.53. The molecule has 3 rings (SSSR count). The van der Waals surface area contributed by atoms with E-state index in [9.17, 15) is 18.5 Å². The number of sulfone groups is 1. The summed E-state index contributed by atoms with van der Waals surface area (Å²) in [5.74, 6) is 0. The zero-order chi connectivity index (χ0) is 18.0. The summed E-state index contributed by atoms with van der Waals surface area (Å²) in [6.45, 7) is 0. The first-order valence-corrected chi connectivity index (χ1v) is 8.83. The standard InChI is InChI=1S/C18H14N2O4S/c19-17-11-10-14(25(23,24)13-6-2-1-3-7-13)12-16(17)15-8-4-5-9-18(15)20(21)22/h1-12H,19H2. The van der Waals surface area contributed by atoms with Gasteiger partial charge < -0.3 is 5.73 Å². The van der Waals surface area contributed by atoms with Crippen molar-refractivity contribution < 1.29 is 13.3 Å². The minimum absolute atomic E-state index is 0.0288. The van der Waals surface area contributed by atoms with Gasteiger partial charge >= 0.3 is 0 Å². The van der Waals surface area contributed by atoms with Gasteiger partial charge in [-0.25, -0.2) is 8.42 Å². The first kappa shape index (κ1) is 16.7. The summed E-state index contributed by atoms with van der Waals surface area (Å²) in [6, 6.07) is 18.3. The Kier molecular flexibility index (Phi) is 4.24. The molecule has 2 N–H and O–H groups in total. The molecule has 0 aliphatic carbocycles. The second kappa shape index (κ2) is 6.37. The lowest BCUT2D eigenvalue weighted by Gasteiger charge is -2.10. The van der Waals surface area contributed by atoms with E-state index in [1.165, 1.54) is 36.4 Å². The minimum Gasteiger partial charge on any atom is -0.398 e. The van der Waals surface area contributed by atoms with Crippen LogP contribution in [0.2, 0.25) is 0 Å². The van der Waals surface area contributed by atoms with Crippen molar-refractivity contribution in [3.05, 3.63) is 82.9 Å². The van der Waals surface area contributed by atoms with Crippen LogP contribution in [0, 0.1) is 10.1 Å². The van der Waals surface area contributed by atoms with Crippen LogP contribution in [-0.4, -0.2) is 13.3 Å². The Morgan fingerprint density at radius 1 is 0.800 bits per heavy atom. The van der Waals surface area contributed by atoms with E-state index in [1.54, 1.807) is 36.4 Å².